The summed E-state index contributed by atoms with van der Waals surface area (Å²) in [5, 5.41) is 2.93. The van der Waals surface area contributed by atoms with Crippen LogP contribution >= 0.6 is 0 Å². The summed E-state index contributed by atoms with van der Waals surface area (Å²) in [6.07, 6.45) is 6.41. The lowest BCUT2D eigenvalue weighted by molar-refractivity contribution is 0.0950. The number of rotatable bonds is 6. The number of carbonyl (C=O) groups is 1. The summed E-state index contributed by atoms with van der Waals surface area (Å²) in [6, 6.07) is 12.7. The summed E-state index contributed by atoms with van der Waals surface area (Å²) < 4.78 is 29.8. The molecule has 4 rings (SSSR count). The highest BCUT2D eigenvalue weighted by atomic mass is 32.2. The van der Waals surface area contributed by atoms with Crippen LogP contribution in [0.5, 0.6) is 0 Å². The van der Waals surface area contributed by atoms with E-state index >= 15 is 0 Å². The third kappa shape index (κ3) is 4.47. The van der Waals surface area contributed by atoms with Gasteiger partial charge in [0.05, 0.1) is 10.6 Å². The SMILES string of the molecule is Cc1ccc(C(=O)NCc2ccccc2-n2ccnc2C)cc1S(=O)(=O)N1CCCCC1. The van der Waals surface area contributed by atoms with Crippen molar-refractivity contribution in [2.75, 3.05) is 13.1 Å². The highest BCUT2D eigenvalue weighted by molar-refractivity contribution is 7.89. The summed E-state index contributed by atoms with van der Waals surface area (Å²) in [5.74, 6) is 0.548. The zero-order chi connectivity index (χ0) is 22.7. The molecule has 1 N–H and O–H groups in total. The fraction of sp³-hybridized carbons (Fsp3) is 0.333. The minimum Gasteiger partial charge on any atom is -0.348 e. The number of hydrogen-bond donors (Lipinski definition) is 1. The number of carbonyl (C=O) groups excluding carboxylic acids is 1. The molecule has 0 unspecified atom stereocenters. The Kier molecular flexibility index (Phi) is 6.43. The van der Waals surface area contributed by atoms with E-state index < -0.39 is 10.0 Å². The number of sulfonamides is 1. The lowest BCUT2D eigenvalue weighted by atomic mass is 10.1. The Bertz CT molecular complexity index is 1230. The first-order valence-corrected chi connectivity index (χ1v) is 12.3. The van der Waals surface area contributed by atoms with Gasteiger partial charge in [-0.25, -0.2) is 13.4 Å². The lowest BCUT2D eigenvalue weighted by Crippen LogP contribution is -2.36. The number of aromatic nitrogens is 2. The molecule has 0 radical (unpaired) electrons. The fourth-order valence-electron chi connectivity index (χ4n) is 4.07. The monoisotopic (exact) mass is 452 g/mol. The first-order chi connectivity index (χ1) is 15.4. The predicted octanol–water partition coefficient (Wildman–Crippen LogP) is 3.59. The molecular formula is C24H28N4O3S. The topological polar surface area (TPSA) is 84.3 Å². The predicted molar refractivity (Wildman–Crippen MR) is 123 cm³/mol. The smallest absolute Gasteiger partial charge is 0.251 e. The van der Waals surface area contributed by atoms with Crippen LogP contribution in [-0.2, 0) is 16.6 Å². The Hall–Kier alpha value is -2.97. The molecule has 3 aromatic rings. The maximum atomic E-state index is 13.2. The second-order valence-corrected chi connectivity index (χ2v) is 10.0. The van der Waals surface area contributed by atoms with Gasteiger partial charge in [-0.1, -0.05) is 30.7 Å². The fourth-order valence-corrected chi connectivity index (χ4v) is 5.84. The number of benzene rings is 2. The van der Waals surface area contributed by atoms with Crippen molar-refractivity contribution in [2.45, 2.75) is 44.6 Å². The average molecular weight is 453 g/mol. The van der Waals surface area contributed by atoms with Crippen molar-refractivity contribution < 1.29 is 13.2 Å². The van der Waals surface area contributed by atoms with Gasteiger partial charge in [0.1, 0.15) is 5.82 Å². The average Bonchev–Trinajstić information content (AvgIpc) is 3.24. The van der Waals surface area contributed by atoms with Crippen LogP contribution < -0.4 is 5.32 Å². The van der Waals surface area contributed by atoms with Gasteiger partial charge in [-0.2, -0.15) is 4.31 Å². The summed E-state index contributed by atoms with van der Waals surface area (Å²) in [5.41, 5.74) is 2.87. The molecule has 2 heterocycles. The maximum Gasteiger partial charge on any atom is 0.251 e. The van der Waals surface area contributed by atoms with Crippen LogP contribution in [0, 0.1) is 13.8 Å². The van der Waals surface area contributed by atoms with Gasteiger partial charge in [0.25, 0.3) is 5.91 Å². The van der Waals surface area contributed by atoms with Crippen molar-refractivity contribution in [1.82, 2.24) is 19.2 Å². The van der Waals surface area contributed by atoms with Gasteiger partial charge in [-0.05, 0) is 56.0 Å². The highest BCUT2D eigenvalue weighted by Crippen LogP contribution is 2.24. The van der Waals surface area contributed by atoms with Gasteiger partial charge in [0, 0.05) is 37.6 Å². The minimum atomic E-state index is -3.61. The van der Waals surface area contributed by atoms with E-state index in [0.717, 1.165) is 36.3 Å². The Labute approximate surface area is 189 Å². The summed E-state index contributed by atoms with van der Waals surface area (Å²) in [4.78, 5) is 17.4. The molecule has 1 aromatic heterocycles. The number of aryl methyl sites for hydroxylation is 2. The van der Waals surface area contributed by atoms with Crippen LogP contribution in [-0.4, -0.2) is 41.3 Å². The van der Waals surface area contributed by atoms with Crippen LogP contribution in [0.2, 0.25) is 0 Å². The van der Waals surface area contributed by atoms with E-state index in [0.29, 0.717) is 30.8 Å². The van der Waals surface area contributed by atoms with E-state index in [2.05, 4.69) is 10.3 Å². The molecule has 0 saturated carbocycles. The number of nitrogens with zero attached hydrogens (tertiary/aromatic N) is 3. The molecule has 32 heavy (non-hydrogen) atoms. The quantitative estimate of drug-likeness (QED) is 0.619. The van der Waals surface area contributed by atoms with Crippen molar-refractivity contribution in [3.63, 3.8) is 0 Å². The van der Waals surface area contributed by atoms with Gasteiger partial charge in [-0.15, -0.1) is 0 Å². The van der Waals surface area contributed by atoms with Gasteiger partial charge < -0.3 is 9.88 Å². The lowest BCUT2D eigenvalue weighted by Gasteiger charge is -2.26. The molecule has 168 valence electrons. The molecule has 0 bridgehead atoms. The van der Waals surface area contributed by atoms with Crippen molar-refractivity contribution in [3.8, 4) is 5.69 Å². The molecule has 1 amide bonds. The third-order valence-electron chi connectivity index (χ3n) is 5.90. The highest BCUT2D eigenvalue weighted by Gasteiger charge is 2.28. The van der Waals surface area contributed by atoms with E-state index in [1.165, 1.54) is 10.4 Å². The number of hydrogen-bond acceptors (Lipinski definition) is 4. The van der Waals surface area contributed by atoms with E-state index in [4.69, 9.17) is 0 Å². The molecule has 1 aliphatic heterocycles. The van der Waals surface area contributed by atoms with Gasteiger partial charge >= 0.3 is 0 Å². The van der Waals surface area contributed by atoms with Crippen LogP contribution in [0.3, 0.4) is 0 Å². The Balaban J connectivity index is 1.54. The van der Waals surface area contributed by atoms with Crippen molar-refractivity contribution in [3.05, 3.63) is 77.4 Å². The molecule has 0 spiro atoms. The Morgan fingerprint density at radius 1 is 1.06 bits per heavy atom. The molecule has 8 heteroatoms. The first-order valence-electron chi connectivity index (χ1n) is 10.8. The molecule has 1 saturated heterocycles. The Morgan fingerprint density at radius 2 is 1.81 bits per heavy atom. The van der Waals surface area contributed by atoms with Crippen molar-refractivity contribution in [1.29, 1.82) is 0 Å². The van der Waals surface area contributed by atoms with Crippen LogP contribution in [0.4, 0.5) is 0 Å². The number of amides is 1. The van der Waals surface area contributed by atoms with E-state index in [-0.39, 0.29) is 10.8 Å². The maximum absolute atomic E-state index is 13.2. The number of imidazole rings is 1. The largest absolute Gasteiger partial charge is 0.348 e. The first kappa shape index (κ1) is 22.2. The van der Waals surface area contributed by atoms with E-state index in [1.807, 2.05) is 42.0 Å². The molecular weight excluding hydrogens is 424 g/mol. The molecule has 1 fully saturated rings. The van der Waals surface area contributed by atoms with Crippen molar-refractivity contribution in [2.24, 2.45) is 0 Å². The van der Waals surface area contributed by atoms with Gasteiger partial charge in [0.2, 0.25) is 10.0 Å². The standard InChI is InChI=1S/C24H28N4O3S/c1-18-10-11-20(16-23(18)32(30,31)27-13-6-3-7-14-27)24(29)26-17-21-8-4-5-9-22(21)28-15-12-25-19(28)2/h4-5,8-12,15-16H,3,6-7,13-14,17H2,1-2H3,(H,26,29). The number of piperidine rings is 1. The third-order valence-corrected chi connectivity index (χ3v) is 7.94. The molecule has 2 aromatic carbocycles. The minimum absolute atomic E-state index is 0.210. The number of nitrogens with one attached hydrogen (secondary N) is 1. The Morgan fingerprint density at radius 3 is 2.53 bits per heavy atom. The van der Waals surface area contributed by atoms with Crippen molar-refractivity contribution >= 4 is 15.9 Å². The second-order valence-electron chi connectivity index (χ2n) is 8.10. The molecule has 7 nitrogen and oxygen atoms in total. The second kappa shape index (κ2) is 9.26. The van der Waals surface area contributed by atoms with Crippen LogP contribution in [0.25, 0.3) is 5.69 Å². The normalized spacial score (nSPS) is 14.9. The van der Waals surface area contributed by atoms with E-state index in [9.17, 15) is 13.2 Å². The van der Waals surface area contributed by atoms with Gasteiger partial charge in [-0.3, -0.25) is 4.79 Å². The molecule has 0 atom stereocenters. The zero-order valence-corrected chi connectivity index (χ0v) is 19.2. The zero-order valence-electron chi connectivity index (χ0n) is 18.4. The summed E-state index contributed by atoms with van der Waals surface area (Å²) in [7, 11) is -3.61. The summed E-state index contributed by atoms with van der Waals surface area (Å²) >= 11 is 0. The van der Waals surface area contributed by atoms with Gasteiger partial charge in [0.15, 0.2) is 0 Å². The summed E-state index contributed by atoms with van der Waals surface area (Å²) in [6.45, 7) is 5.06. The van der Waals surface area contributed by atoms with Crippen LogP contribution in [0.15, 0.2) is 59.8 Å². The van der Waals surface area contributed by atoms with E-state index in [1.54, 1.807) is 25.3 Å². The molecule has 1 aliphatic rings. The number of para-hydroxylation sites is 1. The molecule has 0 aliphatic carbocycles. The van der Waals surface area contributed by atoms with Crippen LogP contribution in [0.1, 0.15) is 46.6 Å².